The molecular weight excluding hydrogens is 340 g/mol. The molecule has 1 N–H and O–H groups in total. The zero-order chi connectivity index (χ0) is 16.9. The van der Waals surface area contributed by atoms with E-state index in [2.05, 4.69) is 17.2 Å². The van der Waals surface area contributed by atoms with Crippen molar-refractivity contribution in [2.75, 3.05) is 6.26 Å². The highest BCUT2D eigenvalue weighted by molar-refractivity contribution is 7.90. The lowest BCUT2D eigenvalue weighted by Crippen LogP contribution is -2.54. The van der Waals surface area contributed by atoms with Crippen LogP contribution in [0.4, 0.5) is 0 Å². The Bertz CT molecular complexity index is 675. The van der Waals surface area contributed by atoms with Gasteiger partial charge in [0.05, 0.1) is 5.69 Å². The minimum Gasteiger partial charge on any atom is -0.308 e. The number of nitrogens with one attached hydrogen (secondary N) is 1. The van der Waals surface area contributed by atoms with Crippen molar-refractivity contribution < 1.29 is 8.42 Å². The largest absolute Gasteiger partial charge is 0.308 e. The van der Waals surface area contributed by atoms with E-state index in [1.165, 1.54) is 56.1 Å². The lowest BCUT2D eigenvalue weighted by Gasteiger charge is -2.59. The van der Waals surface area contributed by atoms with Gasteiger partial charge in [-0.1, -0.05) is 0 Å². The average Bonchev–Trinajstić information content (AvgIpc) is 2.88. The quantitative estimate of drug-likeness (QED) is 0.836. The summed E-state index contributed by atoms with van der Waals surface area (Å²) in [6.07, 6.45) is 9.92. The van der Waals surface area contributed by atoms with E-state index in [0.29, 0.717) is 16.5 Å². The number of sulfone groups is 1. The van der Waals surface area contributed by atoms with E-state index < -0.39 is 9.84 Å². The summed E-state index contributed by atoms with van der Waals surface area (Å²) in [6, 6.07) is 0.519. The highest BCUT2D eigenvalue weighted by atomic mass is 32.2. The van der Waals surface area contributed by atoms with Gasteiger partial charge in [0.1, 0.15) is 10.8 Å². The highest BCUT2D eigenvalue weighted by Gasteiger charge is 2.52. The summed E-state index contributed by atoms with van der Waals surface area (Å²) in [4.78, 5) is 4.49. The molecule has 4 saturated carbocycles. The van der Waals surface area contributed by atoms with Crippen LogP contribution >= 0.6 is 11.3 Å². The first kappa shape index (κ1) is 17.0. The average molecular weight is 369 g/mol. The van der Waals surface area contributed by atoms with Crippen molar-refractivity contribution in [3.8, 4) is 0 Å². The van der Waals surface area contributed by atoms with Gasteiger partial charge in [-0.05, 0) is 68.6 Å². The lowest BCUT2D eigenvalue weighted by molar-refractivity contribution is -0.0707. The Morgan fingerprint density at radius 3 is 2.38 bits per heavy atom. The van der Waals surface area contributed by atoms with Crippen LogP contribution in [-0.4, -0.2) is 25.7 Å². The third-order valence-electron chi connectivity index (χ3n) is 6.58. The number of thiazole rings is 1. The molecule has 0 unspecified atom stereocenters. The maximum atomic E-state index is 11.4. The van der Waals surface area contributed by atoms with Crippen LogP contribution in [0.3, 0.4) is 0 Å². The molecule has 1 heterocycles. The highest BCUT2D eigenvalue weighted by Crippen LogP contribution is 2.61. The first-order chi connectivity index (χ1) is 11.3. The molecule has 4 fully saturated rings. The summed E-state index contributed by atoms with van der Waals surface area (Å²) in [5.74, 6) is 2.98. The van der Waals surface area contributed by atoms with Crippen LogP contribution in [0.2, 0.25) is 0 Å². The summed E-state index contributed by atoms with van der Waals surface area (Å²) >= 11 is 1.46. The van der Waals surface area contributed by atoms with Gasteiger partial charge in [-0.15, -0.1) is 11.3 Å². The topological polar surface area (TPSA) is 59.1 Å². The Morgan fingerprint density at radius 1 is 1.25 bits per heavy atom. The third-order valence-corrected chi connectivity index (χ3v) is 8.46. The molecule has 4 aliphatic carbocycles. The zero-order valence-corrected chi connectivity index (χ0v) is 16.3. The predicted molar refractivity (Wildman–Crippen MR) is 97.6 cm³/mol. The fraction of sp³-hybridized carbons (Fsp3) is 0.833. The van der Waals surface area contributed by atoms with Crippen LogP contribution in [0.25, 0.3) is 0 Å². The Labute approximate surface area is 149 Å². The van der Waals surface area contributed by atoms with Crippen molar-refractivity contribution >= 4 is 21.2 Å². The molecule has 6 heteroatoms. The van der Waals surface area contributed by atoms with Crippen molar-refractivity contribution in [1.82, 2.24) is 10.3 Å². The Morgan fingerprint density at radius 2 is 1.83 bits per heavy atom. The van der Waals surface area contributed by atoms with Crippen molar-refractivity contribution in [3.05, 3.63) is 16.1 Å². The summed E-state index contributed by atoms with van der Waals surface area (Å²) in [7, 11) is -3.00. The fourth-order valence-corrected chi connectivity index (χ4v) is 7.91. The zero-order valence-electron chi connectivity index (χ0n) is 14.6. The van der Waals surface area contributed by atoms with Crippen LogP contribution in [0, 0.1) is 23.2 Å². The van der Waals surface area contributed by atoms with Gasteiger partial charge in [0.25, 0.3) is 0 Å². The van der Waals surface area contributed by atoms with Crippen LogP contribution in [0.5, 0.6) is 0 Å². The summed E-state index contributed by atoms with van der Waals surface area (Å²) in [5.41, 5.74) is 1.48. The maximum absolute atomic E-state index is 11.4. The second kappa shape index (κ2) is 6.06. The summed E-state index contributed by atoms with van der Waals surface area (Å²) in [5, 5.41) is 6.43. The van der Waals surface area contributed by atoms with Gasteiger partial charge in [0, 0.05) is 24.2 Å². The standard InChI is InChI=1S/C18H28N2O2S2/c1-12(18-6-13-3-14(7-18)5-15(4-13)8-18)19-9-16-10-23-17(20-16)11-24(2,21)22/h10,12-15,19H,3-9,11H2,1-2H3/t12-,13?,14?,15?,18?/m0/s1. The van der Waals surface area contributed by atoms with E-state index in [4.69, 9.17) is 0 Å². The molecule has 4 aliphatic rings. The van der Waals surface area contributed by atoms with Crippen molar-refractivity contribution in [3.63, 3.8) is 0 Å². The van der Waals surface area contributed by atoms with E-state index in [1.807, 2.05) is 5.38 Å². The van der Waals surface area contributed by atoms with Crippen molar-refractivity contribution in [2.24, 2.45) is 23.2 Å². The van der Waals surface area contributed by atoms with Gasteiger partial charge < -0.3 is 5.32 Å². The second-order valence-corrected chi connectivity index (χ2v) is 11.8. The Kier molecular flexibility index (Phi) is 4.29. The molecule has 24 heavy (non-hydrogen) atoms. The summed E-state index contributed by atoms with van der Waals surface area (Å²) in [6.45, 7) is 3.11. The molecule has 5 rings (SSSR count). The van der Waals surface area contributed by atoms with Crippen LogP contribution < -0.4 is 5.32 Å². The SMILES string of the molecule is C[C@H](NCc1csc(CS(C)(=O)=O)n1)C12CC3CC(CC(C3)C1)C2. The molecule has 4 nitrogen and oxygen atoms in total. The smallest absolute Gasteiger partial charge is 0.153 e. The van der Waals surface area contributed by atoms with Gasteiger partial charge in [-0.2, -0.15) is 0 Å². The van der Waals surface area contributed by atoms with E-state index in [0.717, 1.165) is 30.0 Å². The van der Waals surface area contributed by atoms with Crippen LogP contribution in [0.15, 0.2) is 5.38 Å². The molecule has 0 saturated heterocycles. The van der Waals surface area contributed by atoms with Crippen LogP contribution in [0.1, 0.15) is 56.2 Å². The lowest BCUT2D eigenvalue weighted by atomic mass is 9.48. The normalized spacial score (nSPS) is 36.2. The summed E-state index contributed by atoms with van der Waals surface area (Å²) < 4.78 is 22.8. The first-order valence-corrected chi connectivity index (χ1v) is 12.1. The minimum absolute atomic E-state index is 0.0577. The fourth-order valence-electron chi connectivity index (χ4n) is 5.90. The molecule has 134 valence electrons. The van der Waals surface area contributed by atoms with Gasteiger partial charge in [0.15, 0.2) is 9.84 Å². The third kappa shape index (κ3) is 3.42. The van der Waals surface area contributed by atoms with E-state index in [1.54, 1.807) is 0 Å². The molecule has 0 aliphatic heterocycles. The molecular formula is C18H28N2O2S2. The number of nitrogens with zero attached hydrogens (tertiary/aromatic N) is 1. The maximum Gasteiger partial charge on any atom is 0.153 e. The number of hydrogen-bond acceptors (Lipinski definition) is 5. The molecule has 0 radical (unpaired) electrons. The van der Waals surface area contributed by atoms with Gasteiger partial charge >= 0.3 is 0 Å². The number of rotatable bonds is 6. The molecule has 1 atom stereocenters. The van der Waals surface area contributed by atoms with E-state index in [9.17, 15) is 8.42 Å². The second-order valence-electron chi connectivity index (χ2n) is 8.69. The molecule has 0 aromatic carbocycles. The van der Waals surface area contributed by atoms with Gasteiger partial charge in [-0.25, -0.2) is 13.4 Å². The Balaban J connectivity index is 1.38. The van der Waals surface area contributed by atoms with Crippen molar-refractivity contribution in [1.29, 1.82) is 0 Å². The molecule has 4 bridgehead atoms. The Hall–Kier alpha value is -0.460. The van der Waals surface area contributed by atoms with Crippen molar-refractivity contribution in [2.45, 2.75) is 63.8 Å². The molecule has 0 amide bonds. The number of aromatic nitrogens is 1. The number of hydrogen-bond donors (Lipinski definition) is 1. The molecule has 1 aromatic rings. The molecule has 1 aromatic heterocycles. The van der Waals surface area contributed by atoms with Crippen LogP contribution in [-0.2, 0) is 22.1 Å². The predicted octanol–water partition coefficient (Wildman–Crippen LogP) is 3.38. The first-order valence-electron chi connectivity index (χ1n) is 9.16. The van der Waals surface area contributed by atoms with E-state index >= 15 is 0 Å². The minimum atomic E-state index is -3.00. The molecule has 0 spiro atoms. The van der Waals surface area contributed by atoms with E-state index in [-0.39, 0.29) is 5.75 Å². The van der Waals surface area contributed by atoms with Gasteiger partial charge in [0.2, 0.25) is 0 Å². The van der Waals surface area contributed by atoms with Gasteiger partial charge in [-0.3, -0.25) is 0 Å². The monoisotopic (exact) mass is 368 g/mol.